The van der Waals surface area contributed by atoms with Crippen molar-refractivity contribution in [3.05, 3.63) is 176 Å². The van der Waals surface area contributed by atoms with Crippen LogP contribution in [0.3, 0.4) is 0 Å². The Morgan fingerprint density at radius 3 is 1.65 bits per heavy atom. The molecule has 0 unspecified atom stereocenters. The Morgan fingerprint density at radius 2 is 0.961 bits per heavy atom. The molecule has 4 aromatic heterocycles. The molecule has 0 bridgehead atoms. The van der Waals surface area contributed by atoms with Crippen LogP contribution in [0.5, 0.6) is 0 Å². The Kier molecular flexibility index (Phi) is 6.12. The minimum atomic E-state index is 0.954. The average molecular weight is 668 g/mol. The number of aromatic nitrogens is 3. The first-order chi connectivity index (χ1) is 25.3. The van der Waals surface area contributed by atoms with Gasteiger partial charge in [0.15, 0.2) is 0 Å². The zero-order valence-corrected chi connectivity index (χ0v) is 28.3. The molecule has 11 rings (SSSR count). The Morgan fingerprint density at radius 1 is 0.392 bits per heavy atom. The standard InChI is InChI=1S/C47H29N3S/c1-4-14-30(15-5-1)38-28-33(29-39(48-38)31-16-6-2-7-17-31)50-40-22-12-10-20-34(40)35-25-27-43-45(46(35)50)37-24-26-42-44(47(37)51-43)36-21-11-13-23-41(36)49(42)32-18-8-3-9-19-32/h1-29H. The highest BCUT2D eigenvalue weighted by Crippen LogP contribution is 2.47. The third kappa shape index (κ3) is 4.21. The van der Waals surface area contributed by atoms with Crippen molar-refractivity contribution in [1.82, 2.24) is 14.1 Å². The Labute approximate surface area is 297 Å². The number of hydrogen-bond donors (Lipinski definition) is 0. The van der Waals surface area contributed by atoms with E-state index in [0.29, 0.717) is 0 Å². The summed E-state index contributed by atoms with van der Waals surface area (Å²) < 4.78 is 7.50. The molecule has 0 atom stereocenters. The van der Waals surface area contributed by atoms with Crippen molar-refractivity contribution in [1.29, 1.82) is 0 Å². The molecule has 0 amide bonds. The molecular formula is C47H29N3S. The van der Waals surface area contributed by atoms with Gasteiger partial charge in [-0.1, -0.05) is 127 Å². The number of pyridine rings is 1. The number of thiophene rings is 1. The summed E-state index contributed by atoms with van der Waals surface area (Å²) in [5.74, 6) is 0. The summed E-state index contributed by atoms with van der Waals surface area (Å²) in [4.78, 5) is 5.22. The number of benzene rings is 7. The predicted octanol–water partition coefficient (Wildman–Crippen LogP) is 13.0. The van der Waals surface area contributed by atoms with Crippen molar-refractivity contribution < 1.29 is 0 Å². The number of para-hydroxylation sites is 3. The monoisotopic (exact) mass is 667 g/mol. The van der Waals surface area contributed by atoms with Gasteiger partial charge in [-0.2, -0.15) is 0 Å². The molecule has 4 heteroatoms. The second-order valence-corrected chi connectivity index (χ2v) is 14.2. The second kappa shape index (κ2) is 11.0. The number of nitrogens with zero attached hydrogens (tertiary/aromatic N) is 3. The Balaban J connectivity index is 1.28. The molecule has 0 fully saturated rings. The van der Waals surface area contributed by atoms with Gasteiger partial charge in [0, 0.05) is 58.5 Å². The molecular weight excluding hydrogens is 639 g/mol. The molecule has 51 heavy (non-hydrogen) atoms. The van der Waals surface area contributed by atoms with E-state index in [-0.39, 0.29) is 0 Å². The van der Waals surface area contributed by atoms with Crippen molar-refractivity contribution in [3.8, 4) is 33.9 Å². The smallest absolute Gasteiger partial charge is 0.0730 e. The normalized spacial score (nSPS) is 11.9. The maximum Gasteiger partial charge on any atom is 0.0730 e. The van der Waals surface area contributed by atoms with Gasteiger partial charge in [0.2, 0.25) is 0 Å². The van der Waals surface area contributed by atoms with Gasteiger partial charge in [0.1, 0.15) is 0 Å². The van der Waals surface area contributed by atoms with Crippen LogP contribution in [0.2, 0.25) is 0 Å². The van der Waals surface area contributed by atoms with Crippen LogP contribution in [-0.2, 0) is 0 Å². The largest absolute Gasteiger partial charge is 0.309 e. The van der Waals surface area contributed by atoms with Crippen LogP contribution in [0.15, 0.2) is 176 Å². The highest BCUT2D eigenvalue weighted by molar-refractivity contribution is 7.27. The van der Waals surface area contributed by atoms with Gasteiger partial charge < -0.3 is 9.13 Å². The lowest BCUT2D eigenvalue weighted by Gasteiger charge is -2.14. The van der Waals surface area contributed by atoms with Gasteiger partial charge in [-0.05, 0) is 48.5 Å². The fourth-order valence-electron chi connectivity index (χ4n) is 8.11. The molecule has 0 saturated carbocycles. The van der Waals surface area contributed by atoms with Gasteiger partial charge in [-0.3, -0.25) is 0 Å². The van der Waals surface area contributed by atoms with E-state index in [0.717, 1.165) is 28.2 Å². The van der Waals surface area contributed by atoms with Gasteiger partial charge in [-0.15, -0.1) is 11.3 Å². The van der Waals surface area contributed by atoms with Crippen LogP contribution in [0.4, 0.5) is 0 Å². The molecule has 7 aromatic carbocycles. The molecule has 238 valence electrons. The van der Waals surface area contributed by atoms with Crippen LogP contribution in [0, 0.1) is 0 Å². The first kappa shape index (κ1) is 28.4. The predicted molar refractivity (Wildman–Crippen MR) is 217 cm³/mol. The first-order valence-electron chi connectivity index (χ1n) is 17.3. The topological polar surface area (TPSA) is 22.8 Å². The molecule has 0 radical (unpaired) electrons. The summed E-state index contributed by atoms with van der Waals surface area (Å²) in [7, 11) is 0. The average Bonchev–Trinajstić information content (AvgIpc) is 3.86. The lowest BCUT2D eigenvalue weighted by atomic mass is 10.0. The van der Waals surface area contributed by atoms with Crippen molar-refractivity contribution in [2.45, 2.75) is 0 Å². The second-order valence-electron chi connectivity index (χ2n) is 13.1. The van der Waals surface area contributed by atoms with Crippen molar-refractivity contribution in [3.63, 3.8) is 0 Å². The fraction of sp³-hybridized carbons (Fsp3) is 0. The fourth-order valence-corrected chi connectivity index (χ4v) is 9.37. The summed E-state index contributed by atoms with van der Waals surface area (Å²) in [6.07, 6.45) is 0. The SMILES string of the molecule is c1ccc(-c2cc(-n3c4ccccc4c4ccc5sc6c(ccc7c6c6ccccc6n7-c6ccccc6)c5c43)cc(-c3ccccc3)n2)cc1. The molecule has 0 saturated heterocycles. The molecule has 0 aliphatic rings. The van der Waals surface area contributed by atoms with E-state index in [1.165, 1.54) is 69.5 Å². The van der Waals surface area contributed by atoms with Gasteiger partial charge in [-0.25, -0.2) is 4.98 Å². The lowest BCUT2D eigenvalue weighted by Crippen LogP contribution is -1.98. The molecule has 4 heterocycles. The summed E-state index contributed by atoms with van der Waals surface area (Å²) >= 11 is 1.90. The van der Waals surface area contributed by atoms with Crippen LogP contribution < -0.4 is 0 Å². The van der Waals surface area contributed by atoms with Crippen LogP contribution >= 0.6 is 11.3 Å². The van der Waals surface area contributed by atoms with Crippen molar-refractivity contribution >= 4 is 75.1 Å². The van der Waals surface area contributed by atoms with E-state index in [2.05, 4.69) is 185 Å². The molecule has 0 aliphatic heterocycles. The summed E-state index contributed by atoms with van der Waals surface area (Å²) in [5, 5.41) is 7.67. The van der Waals surface area contributed by atoms with E-state index < -0.39 is 0 Å². The summed E-state index contributed by atoms with van der Waals surface area (Å²) in [6.45, 7) is 0. The Bertz CT molecular complexity index is 3060. The quantitative estimate of drug-likeness (QED) is 0.183. The van der Waals surface area contributed by atoms with E-state index in [1.54, 1.807) is 0 Å². The third-order valence-electron chi connectivity index (χ3n) is 10.3. The van der Waals surface area contributed by atoms with Gasteiger partial charge in [0.25, 0.3) is 0 Å². The molecule has 3 nitrogen and oxygen atoms in total. The van der Waals surface area contributed by atoms with Gasteiger partial charge >= 0.3 is 0 Å². The maximum atomic E-state index is 5.22. The third-order valence-corrected chi connectivity index (χ3v) is 11.5. The first-order valence-corrected chi connectivity index (χ1v) is 18.1. The highest BCUT2D eigenvalue weighted by Gasteiger charge is 2.22. The van der Waals surface area contributed by atoms with E-state index in [4.69, 9.17) is 4.98 Å². The number of hydrogen-bond acceptors (Lipinski definition) is 2. The van der Waals surface area contributed by atoms with Crippen LogP contribution in [0.1, 0.15) is 0 Å². The zero-order chi connectivity index (χ0) is 33.5. The van der Waals surface area contributed by atoms with Crippen LogP contribution in [-0.4, -0.2) is 14.1 Å². The lowest BCUT2D eigenvalue weighted by molar-refractivity contribution is 1.16. The highest BCUT2D eigenvalue weighted by atomic mass is 32.1. The number of rotatable bonds is 4. The van der Waals surface area contributed by atoms with Gasteiger partial charge in [0.05, 0.1) is 39.1 Å². The molecule has 0 N–H and O–H groups in total. The van der Waals surface area contributed by atoms with E-state index in [1.807, 2.05) is 11.3 Å². The van der Waals surface area contributed by atoms with Crippen LogP contribution in [0.25, 0.3) is 97.7 Å². The minimum absolute atomic E-state index is 0.954. The minimum Gasteiger partial charge on any atom is -0.309 e. The van der Waals surface area contributed by atoms with Crippen molar-refractivity contribution in [2.75, 3.05) is 0 Å². The number of fused-ring (bicyclic) bond motifs is 11. The summed E-state index contributed by atoms with van der Waals surface area (Å²) in [6, 6.07) is 63.3. The van der Waals surface area contributed by atoms with E-state index >= 15 is 0 Å². The van der Waals surface area contributed by atoms with E-state index in [9.17, 15) is 0 Å². The zero-order valence-electron chi connectivity index (χ0n) is 27.5. The maximum absolute atomic E-state index is 5.22. The molecule has 0 spiro atoms. The molecule has 0 aliphatic carbocycles. The van der Waals surface area contributed by atoms with Crippen molar-refractivity contribution in [2.24, 2.45) is 0 Å². The Hall–Kier alpha value is -6.49. The molecule has 11 aromatic rings. The summed E-state index contributed by atoms with van der Waals surface area (Å²) in [5.41, 5.74) is 11.2.